The van der Waals surface area contributed by atoms with Crippen molar-refractivity contribution in [2.75, 3.05) is 11.9 Å². The molecule has 0 bridgehead atoms. The molecule has 1 aromatic carbocycles. The fraction of sp³-hybridized carbons (Fsp3) is 0.421. The van der Waals surface area contributed by atoms with Crippen LogP contribution in [0.2, 0.25) is 0 Å². The summed E-state index contributed by atoms with van der Waals surface area (Å²) in [5.41, 5.74) is 1.51. The summed E-state index contributed by atoms with van der Waals surface area (Å²) in [6.45, 7) is 3.60. The maximum Gasteiger partial charge on any atom is 0.240 e. The molecule has 28 heavy (non-hydrogen) atoms. The number of nitrogens with zero attached hydrogens (tertiary/aromatic N) is 1. The van der Waals surface area contributed by atoms with Crippen LogP contribution in [-0.2, 0) is 27.7 Å². The third-order valence-corrected chi connectivity index (χ3v) is 7.16. The molecule has 0 spiro atoms. The zero-order valence-corrected chi connectivity index (χ0v) is 17.5. The van der Waals surface area contributed by atoms with Crippen LogP contribution in [0, 0.1) is 5.92 Å². The maximum absolute atomic E-state index is 12.3. The molecule has 2 N–H and O–H groups in total. The second-order valence-electron chi connectivity index (χ2n) is 7.01. The van der Waals surface area contributed by atoms with Crippen molar-refractivity contribution in [2.45, 2.75) is 44.4 Å². The van der Waals surface area contributed by atoms with Crippen molar-refractivity contribution < 1.29 is 18.0 Å². The molecule has 0 unspecified atom stereocenters. The van der Waals surface area contributed by atoms with E-state index in [1.807, 2.05) is 0 Å². The van der Waals surface area contributed by atoms with Crippen LogP contribution in [0.25, 0.3) is 0 Å². The third kappa shape index (κ3) is 5.03. The Hall–Kier alpha value is -2.10. The first kappa shape index (κ1) is 20.6. The minimum atomic E-state index is -3.73. The Kier molecular flexibility index (Phi) is 6.26. The van der Waals surface area contributed by atoms with Crippen LogP contribution in [0.5, 0.6) is 0 Å². The first-order chi connectivity index (χ1) is 13.2. The van der Waals surface area contributed by atoms with E-state index in [1.54, 1.807) is 0 Å². The Bertz CT molecular complexity index is 981. The lowest BCUT2D eigenvalue weighted by Gasteiger charge is -2.15. The lowest BCUT2D eigenvalue weighted by Crippen LogP contribution is -2.27. The number of amides is 1. The van der Waals surface area contributed by atoms with Gasteiger partial charge in [-0.3, -0.25) is 9.59 Å². The first-order valence-corrected chi connectivity index (χ1v) is 11.4. The predicted molar refractivity (Wildman–Crippen MR) is 108 cm³/mol. The molecule has 2 aromatic rings. The number of ketones is 1. The number of hydrogen-bond donors (Lipinski definition) is 2. The summed E-state index contributed by atoms with van der Waals surface area (Å²) in [7, 11) is -3.73. The molecule has 1 aliphatic carbocycles. The van der Waals surface area contributed by atoms with Crippen LogP contribution in [0.4, 0.5) is 5.13 Å². The average molecular weight is 422 g/mol. The van der Waals surface area contributed by atoms with Crippen LogP contribution >= 0.6 is 11.3 Å². The molecule has 1 aromatic heterocycles. The van der Waals surface area contributed by atoms with Gasteiger partial charge in [-0.1, -0.05) is 19.1 Å². The summed E-state index contributed by atoms with van der Waals surface area (Å²) in [5.74, 6) is 0.219. The number of benzene rings is 1. The standard InChI is InChI=1S/C19H23N3O4S2/c1-12-3-8-16-17(11-12)27-19(21-16)22-18(24)9-10-20-28(25,26)15-6-4-14(5-7-15)13(2)23/h4-7,12,20H,3,8-11H2,1-2H3,(H,21,22,24)/t12-/m0/s1. The molecule has 0 saturated heterocycles. The highest BCUT2D eigenvalue weighted by atomic mass is 32.2. The van der Waals surface area contributed by atoms with Gasteiger partial charge in [-0.15, -0.1) is 11.3 Å². The van der Waals surface area contributed by atoms with Gasteiger partial charge < -0.3 is 5.32 Å². The van der Waals surface area contributed by atoms with Crippen molar-refractivity contribution >= 4 is 38.2 Å². The quantitative estimate of drug-likeness (QED) is 0.669. The van der Waals surface area contributed by atoms with E-state index in [0.717, 1.165) is 25.0 Å². The maximum atomic E-state index is 12.3. The molecular formula is C19H23N3O4S2. The van der Waals surface area contributed by atoms with Gasteiger partial charge in [0.15, 0.2) is 10.9 Å². The highest BCUT2D eigenvalue weighted by Gasteiger charge is 2.20. The van der Waals surface area contributed by atoms with Crippen molar-refractivity contribution in [3.63, 3.8) is 0 Å². The lowest BCUT2D eigenvalue weighted by molar-refractivity contribution is -0.116. The highest BCUT2D eigenvalue weighted by molar-refractivity contribution is 7.89. The SMILES string of the molecule is CC(=O)c1ccc(S(=O)(=O)NCCC(=O)Nc2nc3c(s2)C[C@@H](C)CC3)cc1. The Morgan fingerprint density at radius 3 is 2.64 bits per heavy atom. The number of Topliss-reactive ketones (excluding diaryl/α,β-unsaturated/α-hetero) is 1. The number of aryl methyl sites for hydroxylation is 1. The molecule has 0 fully saturated rings. The number of nitrogens with one attached hydrogen (secondary N) is 2. The van der Waals surface area contributed by atoms with Gasteiger partial charge in [0.25, 0.3) is 0 Å². The summed E-state index contributed by atoms with van der Waals surface area (Å²) >= 11 is 1.50. The van der Waals surface area contributed by atoms with Gasteiger partial charge in [-0.2, -0.15) is 0 Å². The zero-order valence-electron chi connectivity index (χ0n) is 15.8. The topological polar surface area (TPSA) is 105 Å². The van der Waals surface area contributed by atoms with Gasteiger partial charge >= 0.3 is 0 Å². The molecule has 1 amide bonds. The second-order valence-corrected chi connectivity index (χ2v) is 9.86. The van der Waals surface area contributed by atoms with Crippen molar-refractivity contribution in [2.24, 2.45) is 5.92 Å². The van der Waals surface area contributed by atoms with Crippen molar-refractivity contribution in [1.29, 1.82) is 0 Å². The van der Waals surface area contributed by atoms with Crippen molar-refractivity contribution in [3.8, 4) is 0 Å². The fourth-order valence-electron chi connectivity index (χ4n) is 3.03. The molecule has 3 rings (SSSR count). The number of thiazole rings is 1. The third-order valence-electron chi connectivity index (χ3n) is 4.65. The molecule has 0 saturated carbocycles. The van der Waals surface area contributed by atoms with Crippen LogP contribution < -0.4 is 10.0 Å². The smallest absolute Gasteiger partial charge is 0.240 e. The molecular weight excluding hydrogens is 398 g/mol. The van der Waals surface area contributed by atoms with Gasteiger partial charge in [0.1, 0.15) is 0 Å². The number of rotatable bonds is 7. The van der Waals surface area contributed by atoms with Crippen molar-refractivity contribution in [1.82, 2.24) is 9.71 Å². The second kappa shape index (κ2) is 8.50. The molecule has 1 aliphatic rings. The molecule has 9 heteroatoms. The van der Waals surface area contributed by atoms with Gasteiger partial charge in [-0.05, 0) is 44.2 Å². The average Bonchev–Trinajstić information content (AvgIpc) is 3.02. The van der Waals surface area contributed by atoms with Crippen LogP contribution in [-0.4, -0.2) is 31.6 Å². The zero-order chi connectivity index (χ0) is 20.3. The molecule has 7 nitrogen and oxygen atoms in total. The van der Waals surface area contributed by atoms with Gasteiger partial charge in [0.05, 0.1) is 10.6 Å². The van der Waals surface area contributed by atoms with E-state index >= 15 is 0 Å². The van der Waals surface area contributed by atoms with Gasteiger partial charge in [0, 0.05) is 23.4 Å². The number of aromatic nitrogens is 1. The van der Waals surface area contributed by atoms with E-state index in [0.29, 0.717) is 16.6 Å². The number of anilines is 1. The first-order valence-electron chi connectivity index (χ1n) is 9.13. The Labute approximate surface area is 168 Å². The van der Waals surface area contributed by atoms with E-state index in [4.69, 9.17) is 0 Å². The van der Waals surface area contributed by atoms with E-state index in [1.165, 1.54) is 47.4 Å². The van der Waals surface area contributed by atoms with E-state index in [9.17, 15) is 18.0 Å². The van der Waals surface area contributed by atoms with Gasteiger partial charge in [-0.25, -0.2) is 18.1 Å². The van der Waals surface area contributed by atoms with Crippen LogP contribution in [0.1, 0.15) is 47.6 Å². The van der Waals surface area contributed by atoms with E-state index in [2.05, 4.69) is 21.9 Å². The fourth-order valence-corrected chi connectivity index (χ4v) is 5.25. The Balaban J connectivity index is 1.51. The van der Waals surface area contributed by atoms with Crippen molar-refractivity contribution in [3.05, 3.63) is 40.4 Å². The number of hydrogen-bond acceptors (Lipinski definition) is 6. The van der Waals surface area contributed by atoms with Crippen LogP contribution in [0.3, 0.4) is 0 Å². The summed E-state index contributed by atoms with van der Waals surface area (Å²) in [5, 5.41) is 3.33. The van der Waals surface area contributed by atoms with Gasteiger partial charge in [0.2, 0.25) is 15.9 Å². The predicted octanol–water partition coefficient (Wildman–Crippen LogP) is 2.78. The minimum absolute atomic E-state index is 0.00537. The summed E-state index contributed by atoms with van der Waals surface area (Å²) < 4.78 is 27.0. The number of fused-ring (bicyclic) bond motifs is 1. The Morgan fingerprint density at radius 1 is 1.25 bits per heavy atom. The monoisotopic (exact) mass is 421 g/mol. The number of carbonyl (C=O) groups excluding carboxylic acids is 2. The number of carbonyl (C=O) groups is 2. The number of sulfonamides is 1. The summed E-state index contributed by atoms with van der Waals surface area (Å²) in [6.07, 6.45) is 3.04. The molecule has 0 radical (unpaired) electrons. The summed E-state index contributed by atoms with van der Waals surface area (Å²) in [4.78, 5) is 29.1. The normalized spacial score (nSPS) is 16.4. The van der Waals surface area contributed by atoms with E-state index < -0.39 is 10.0 Å². The van der Waals surface area contributed by atoms with E-state index in [-0.39, 0.29) is 29.6 Å². The highest BCUT2D eigenvalue weighted by Crippen LogP contribution is 2.32. The molecule has 1 heterocycles. The largest absolute Gasteiger partial charge is 0.302 e. The molecule has 0 aliphatic heterocycles. The molecule has 150 valence electrons. The molecule has 1 atom stereocenters. The van der Waals surface area contributed by atoms with Crippen LogP contribution in [0.15, 0.2) is 29.2 Å². The summed E-state index contributed by atoms with van der Waals surface area (Å²) in [6, 6.07) is 5.68. The Morgan fingerprint density at radius 2 is 1.96 bits per heavy atom. The minimum Gasteiger partial charge on any atom is -0.302 e. The lowest BCUT2D eigenvalue weighted by atomic mass is 9.93.